The number of carbonyl (C=O) groups excluding carboxylic acids is 1. The fourth-order valence-corrected chi connectivity index (χ4v) is 3.89. The van der Waals surface area contributed by atoms with Gasteiger partial charge in [0.15, 0.2) is 10.9 Å². The first kappa shape index (κ1) is 15.9. The zero-order chi connectivity index (χ0) is 17.4. The van der Waals surface area contributed by atoms with Crippen molar-refractivity contribution < 1.29 is 13.6 Å². The van der Waals surface area contributed by atoms with Crippen molar-refractivity contribution in [3.63, 3.8) is 0 Å². The number of pyridine rings is 1. The topological polar surface area (TPSA) is 49.3 Å². The van der Waals surface area contributed by atoms with E-state index in [0.717, 1.165) is 6.07 Å². The smallest absolute Gasteiger partial charge is 0.272 e. The Morgan fingerprint density at radius 1 is 1.12 bits per heavy atom. The molecule has 1 aliphatic heterocycles. The molecule has 8 heteroatoms. The molecule has 2 aromatic heterocycles. The first-order valence-electron chi connectivity index (χ1n) is 7.82. The minimum absolute atomic E-state index is 0.0994. The summed E-state index contributed by atoms with van der Waals surface area (Å²) in [5.74, 6) is -1.36. The van der Waals surface area contributed by atoms with E-state index in [0.29, 0.717) is 41.7 Å². The van der Waals surface area contributed by atoms with Crippen molar-refractivity contribution in [2.75, 3.05) is 31.1 Å². The van der Waals surface area contributed by atoms with Crippen molar-refractivity contribution in [1.29, 1.82) is 0 Å². The third kappa shape index (κ3) is 3.05. The minimum atomic E-state index is -0.651. The fraction of sp³-hybridized carbons (Fsp3) is 0.235. The van der Waals surface area contributed by atoms with Gasteiger partial charge in [0.1, 0.15) is 17.0 Å². The van der Waals surface area contributed by atoms with Gasteiger partial charge in [0.25, 0.3) is 5.91 Å². The number of rotatable bonds is 2. The van der Waals surface area contributed by atoms with Gasteiger partial charge < -0.3 is 9.80 Å². The van der Waals surface area contributed by atoms with Crippen molar-refractivity contribution in [2.45, 2.75) is 0 Å². The van der Waals surface area contributed by atoms with Crippen LogP contribution in [0.2, 0.25) is 0 Å². The normalized spacial score (nSPS) is 15.0. The predicted molar refractivity (Wildman–Crippen MR) is 91.9 cm³/mol. The van der Waals surface area contributed by atoms with E-state index < -0.39 is 11.6 Å². The van der Waals surface area contributed by atoms with Gasteiger partial charge in [-0.05, 0) is 18.2 Å². The SMILES string of the molecule is O=C(c1ccccn1)N1CCN(c2nc3c(F)cc(F)cc3s2)CC1. The molecular formula is C17H14F2N4OS. The zero-order valence-corrected chi connectivity index (χ0v) is 14.0. The number of halogens is 2. The lowest BCUT2D eigenvalue weighted by atomic mass is 10.2. The van der Waals surface area contributed by atoms with Crippen LogP contribution in [0.4, 0.5) is 13.9 Å². The Morgan fingerprint density at radius 3 is 2.64 bits per heavy atom. The molecule has 0 aliphatic carbocycles. The molecule has 3 heterocycles. The highest BCUT2D eigenvalue weighted by molar-refractivity contribution is 7.22. The van der Waals surface area contributed by atoms with Gasteiger partial charge in [0, 0.05) is 38.4 Å². The quantitative estimate of drug-likeness (QED) is 0.705. The van der Waals surface area contributed by atoms with E-state index in [1.807, 2.05) is 4.90 Å². The molecule has 0 bridgehead atoms. The standard InChI is InChI=1S/C17H14F2N4OS/c18-11-9-12(19)15-14(10-11)25-17(21-15)23-7-5-22(6-8-23)16(24)13-3-1-2-4-20-13/h1-4,9-10H,5-8H2. The maximum atomic E-state index is 13.8. The number of thiazole rings is 1. The van der Waals surface area contributed by atoms with E-state index >= 15 is 0 Å². The number of benzene rings is 1. The van der Waals surface area contributed by atoms with Crippen LogP contribution in [0.5, 0.6) is 0 Å². The zero-order valence-electron chi connectivity index (χ0n) is 13.2. The summed E-state index contributed by atoms with van der Waals surface area (Å²) in [7, 11) is 0. The van der Waals surface area contributed by atoms with Crippen LogP contribution in [-0.2, 0) is 0 Å². The molecule has 1 aromatic carbocycles. The van der Waals surface area contributed by atoms with Crippen LogP contribution in [0.15, 0.2) is 36.5 Å². The molecular weight excluding hydrogens is 346 g/mol. The highest BCUT2D eigenvalue weighted by atomic mass is 32.1. The summed E-state index contributed by atoms with van der Waals surface area (Å²) in [5.41, 5.74) is 0.613. The first-order chi connectivity index (χ1) is 12.1. The lowest BCUT2D eigenvalue weighted by Crippen LogP contribution is -2.49. The molecule has 3 aromatic rings. The molecule has 0 radical (unpaired) electrons. The fourth-order valence-electron chi connectivity index (χ4n) is 2.83. The van der Waals surface area contributed by atoms with Crippen LogP contribution in [0, 0.1) is 11.6 Å². The lowest BCUT2D eigenvalue weighted by Gasteiger charge is -2.34. The Labute approximate surface area is 146 Å². The number of anilines is 1. The summed E-state index contributed by atoms with van der Waals surface area (Å²) < 4.78 is 27.6. The van der Waals surface area contributed by atoms with Crippen LogP contribution in [0.25, 0.3) is 10.2 Å². The summed E-state index contributed by atoms with van der Waals surface area (Å²) >= 11 is 1.26. The summed E-state index contributed by atoms with van der Waals surface area (Å²) in [4.78, 5) is 24.5. The highest BCUT2D eigenvalue weighted by Gasteiger charge is 2.25. The second-order valence-electron chi connectivity index (χ2n) is 5.73. The Kier molecular flexibility index (Phi) is 4.04. The number of nitrogens with zero attached hydrogens (tertiary/aromatic N) is 4. The van der Waals surface area contributed by atoms with Crippen molar-refractivity contribution in [3.05, 3.63) is 53.9 Å². The second-order valence-corrected chi connectivity index (χ2v) is 6.73. The molecule has 0 spiro atoms. The molecule has 5 nitrogen and oxygen atoms in total. The van der Waals surface area contributed by atoms with Crippen molar-refractivity contribution in [1.82, 2.24) is 14.9 Å². The molecule has 0 unspecified atom stereocenters. The third-order valence-corrected chi connectivity index (χ3v) is 5.19. The Bertz CT molecular complexity index is 923. The number of piperazine rings is 1. The molecule has 1 aliphatic rings. The summed E-state index contributed by atoms with van der Waals surface area (Å²) in [6.45, 7) is 2.23. The van der Waals surface area contributed by atoms with Crippen molar-refractivity contribution in [2.24, 2.45) is 0 Å². The monoisotopic (exact) mass is 360 g/mol. The van der Waals surface area contributed by atoms with Crippen LogP contribution in [-0.4, -0.2) is 47.0 Å². The van der Waals surface area contributed by atoms with E-state index in [1.165, 1.54) is 17.4 Å². The van der Waals surface area contributed by atoms with Crippen molar-refractivity contribution in [3.8, 4) is 0 Å². The lowest BCUT2D eigenvalue weighted by molar-refractivity contribution is 0.0741. The Balaban J connectivity index is 1.49. The first-order valence-corrected chi connectivity index (χ1v) is 8.64. The van der Waals surface area contributed by atoms with Gasteiger partial charge in [-0.25, -0.2) is 13.8 Å². The third-order valence-electron chi connectivity index (χ3n) is 4.12. The molecule has 1 fully saturated rings. The molecule has 25 heavy (non-hydrogen) atoms. The number of amides is 1. The maximum Gasteiger partial charge on any atom is 0.272 e. The molecule has 0 atom stereocenters. The number of hydrogen-bond donors (Lipinski definition) is 0. The predicted octanol–water partition coefficient (Wildman–Crippen LogP) is 2.93. The van der Waals surface area contributed by atoms with Gasteiger partial charge in [-0.3, -0.25) is 9.78 Å². The summed E-state index contributed by atoms with van der Waals surface area (Å²) in [6.07, 6.45) is 1.60. The number of fused-ring (bicyclic) bond motifs is 1. The Hall–Kier alpha value is -2.61. The number of carbonyl (C=O) groups is 1. The second kappa shape index (κ2) is 6.36. The largest absolute Gasteiger partial charge is 0.345 e. The number of aromatic nitrogens is 2. The van der Waals surface area contributed by atoms with Gasteiger partial charge >= 0.3 is 0 Å². The Morgan fingerprint density at radius 2 is 1.92 bits per heavy atom. The van der Waals surface area contributed by atoms with E-state index in [9.17, 15) is 13.6 Å². The van der Waals surface area contributed by atoms with Crippen LogP contribution < -0.4 is 4.90 Å². The van der Waals surface area contributed by atoms with Crippen LogP contribution in [0.1, 0.15) is 10.5 Å². The van der Waals surface area contributed by atoms with E-state index in [4.69, 9.17) is 0 Å². The minimum Gasteiger partial charge on any atom is -0.345 e. The van der Waals surface area contributed by atoms with E-state index in [1.54, 1.807) is 29.3 Å². The highest BCUT2D eigenvalue weighted by Crippen LogP contribution is 2.31. The van der Waals surface area contributed by atoms with Gasteiger partial charge in [-0.1, -0.05) is 17.4 Å². The molecule has 128 valence electrons. The maximum absolute atomic E-state index is 13.8. The summed E-state index contributed by atoms with van der Waals surface area (Å²) in [6, 6.07) is 7.38. The van der Waals surface area contributed by atoms with Gasteiger partial charge in [-0.15, -0.1) is 0 Å². The van der Waals surface area contributed by atoms with Gasteiger partial charge in [0.2, 0.25) is 0 Å². The van der Waals surface area contributed by atoms with Crippen LogP contribution in [0.3, 0.4) is 0 Å². The van der Waals surface area contributed by atoms with E-state index in [-0.39, 0.29) is 11.4 Å². The molecule has 4 rings (SSSR count). The van der Waals surface area contributed by atoms with Crippen molar-refractivity contribution >= 4 is 32.6 Å². The van der Waals surface area contributed by atoms with E-state index in [2.05, 4.69) is 9.97 Å². The molecule has 0 saturated carbocycles. The van der Waals surface area contributed by atoms with Gasteiger partial charge in [0.05, 0.1) is 4.70 Å². The molecule has 0 N–H and O–H groups in total. The summed E-state index contributed by atoms with van der Waals surface area (Å²) in [5, 5.41) is 0.643. The molecule has 1 saturated heterocycles. The van der Waals surface area contributed by atoms with Gasteiger partial charge in [-0.2, -0.15) is 0 Å². The van der Waals surface area contributed by atoms with Crippen LogP contribution >= 0.6 is 11.3 Å². The number of hydrogen-bond acceptors (Lipinski definition) is 5. The average molecular weight is 360 g/mol. The molecule has 1 amide bonds. The average Bonchev–Trinajstić information content (AvgIpc) is 3.06.